The first kappa shape index (κ1) is 26.0. The van der Waals surface area contributed by atoms with Crippen molar-refractivity contribution in [2.75, 3.05) is 4.90 Å². The summed E-state index contributed by atoms with van der Waals surface area (Å²) in [5.74, 6) is 0. The molecule has 212 valence electrons. The van der Waals surface area contributed by atoms with Crippen LogP contribution in [0.4, 0.5) is 17.1 Å². The molecular formula is C43H29NS. The molecular weight excluding hydrogens is 563 g/mol. The molecule has 0 aliphatic heterocycles. The maximum atomic E-state index is 2.47. The zero-order valence-electron chi connectivity index (χ0n) is 24.6. The molecule has 0 radical (unpaired) electrons. The van der Waals surface area contributed by atoms with Gasteiger partial charge >= 0.3 is 0 Å². The summed E-state index contributed by atoms with van der Waals surface area (Å²) in [5, 5.41) is 2.58. The number of anilines is 3. The van der Waals surface area contributed by atoms with E-state index in [4.69, 9.17) is 0 Å². The first-order chi connectivity index (χ1) is 22.3. The van der Waals surface area contributed by atoms with E-state index in [0.29, 0.717) is 0 Å². The van der Waals surface area contributed by atoms with E-state index in [1.807, 2.05) is 11.3 Å². The van der Waals surface area contributed by atoms with Gasteiger partial charge in [-0.05, 0) is 75.8 Å². The minimum Gasteiger partial charge on any atom is -0.309 e. The Morgan fingerprint density at radius 3 is 1.60 bits per heavy atom. The number of benzene rings is 7. The minimum absolute atomic E-state index is 0.408. The van der Waals surface area contributed by atoms with Gasteiger partial charge in [0.25, 0.3) is 0 Å². The molecule has 0 N–H and O–H groups in total. The molecule has 8 aromatic rings. The summed E-state index contributed by atoms with van der Waals surface area (Å²) in [6.07, 6.45) is 0. The molecule has 9 rings (SSSR count). The molecule has 1 aromatic heterocycles. The van der Waals surface area contributed by atoms with Gasteiger partial charge in [-0.1, -0.05) is 133 Å². The summed E-state index contributed by atoms with van der Waals surface area (Å²) >= 11 is 1.88. The lowest BCUT2D eigenvalue weighted by atomic mass is 9.67. The highest BCUT2D eigenvalue weighted by Gasteiger charge is 2.45. The fourth-order valence-corrected chi connectivity index (χ4v) is 8.67. The lowest BCUT2D eigenvalue weighted by Crippen LogP contribution is -2.28. The molecule has 1 heterocycles. The minimum atomic E-state index is -0.408. The first-order valence-corrected chi connectivity index (χ1v) is 16.3. The summed E-state index contributed by atoms with van der Waals surface area (Å²) in [7, 11) is 0. The second-order valence-corrected chi connectivity index (χ2v) is 12.7. The van der Waals surface area contributed by atoms with Crippen LogP contribution in [0, 0.1) is 0 Å². The Morgan fingerprint density at radius 1 is 0.422 bits per heavy atom. The summed E-state index contributed by atoms with van der Waals surface area (Å²) in [6, 6.07) is 64.3. The van der Waals surface area contributed by atoms with Crippen LogP contribution in [0.15, 0.2) is 176 Å². The van der Waals surface area contributed by atoms with Crippen molar-refractivity contribution in [2.45, 2.75) is 5.41 Å². The molecule has 45 heavy (non-hydrogen) atoms. The summed E-state index contributed by atoms with van der Waals surface area (Å²) in [4.78, 5) is 2.38. The number of thiophene rings is 1. The number of rotatable bonds is 5. The van der Waals surface area contributed by atoms with E-state index in [0.717, 1.165) is 11.4 Å². The first-order valence-electron chi connectivity index (χ1n) is 15.4. The van der Waals surface area contributed by atoms with Gasteiger partial charge in [0.2, 0.25) is 0 Å². The van der Waals surface area contributed by atoms with Crippen LogP contribution >= 0.6 is 11.3 Å². The summed E-state index contributed by atoms with van der Waals surface area (Å²) < 4.78 is 2.59. The topological polar surface area (TPSA) is 3.24 Å². The summed E-state index contributed by atoms with van der Waals surface area (Å²) in [6.45, 7) is 0. The highest BCUT2D eigenvalue weighted by molar-refractivity contribution is 7.26. The zero-order chi connectivity index (χ0) is 29.8. The predicted molar refractivity (Wildman–Crippen MR) is 191 cm³/mol. The third-order valence-electron chi connectivity index (χ3n) is 9.34. The van der Waals surface area contributed by atoms with E-state index in [9.17, 15) is 0 Å². The average Bonchev–Trinajstić information content (AvgIpc) is 3.64. The van der Waals surface area contributed by atoms with Crippen LogP contribution in [0.5, 0.6) is 0 Å². The van der Waals surface area contributed by atoms with Gasteiger partial charge in [0.15, 0.2) is 0 Å². The van der Waals surface area contributed by atoms with E-state index in [1.165, 1.54) is 59.2 Å². The normalized spacial score (nSPS) is 13.1. The number of para-hydroxylation sites is 2. The van der Waals surface area contributed by atoms with Crippen molar-refractivity contribution in [2.24, 2.45) is 0 Å². The zero-order valence-corrected chi connectivity index (χ0v) is 25.4. The van der Waals surface area contributed by atoms with Crippen molar-refractivity contribution < 1.29 is 0 Å². The quantitative estimate of drug-likeness (QED) is 0.192. The molecule has 2 heteroatoms. The van der Waals surface area contributed by atoms with E-state index >= 15 is 0 Å². The largest absolute Gasteiger partial charge is 0.309 e. The Morgan fingerprint density at radius 2 is 0.978 bits per heavy atom. The number of hydrogen-bond acceptors (Lipinski definition) is 2. The average molecular weight is 592 g/mol. The van der Waals surface area contributed by atoms with E-state index < -0.39 is 5.41 Å². The third kappa shape index (κ3) is 3.86. The van der Waals surface area contributed by atoms with E-state index in [-0.39, 0.29) is 0 Å². The van der Waals surface area contributed by atoms with Gasteiger partial charge in [-0.2, -0.15) is 0 Å². The van der Waals surface area contributed by atoms with Crippen LogP contribution in [-0.4, -0.2) is 0 Å². The van der Waals surface area contributed by atoms with Gasteiger partial charge < -0.3 is 4.90 Å². The van der Waals surface area contributed by atoms with Crippen molar-refractivity contribution in [3.8, 4) is 11.1 Å². The standard InChI is InChI=1S/C43H29NS/c1-4-15-30(16-5-1)43(38-24-12-10-21-34(38)35-22-11-13-25-39(35)43)31-27-28-41-37(29-31)36-23-14-26-40(42(36)45-41)44(32-17-6-2-7-18-32)33-19-8-3-9-20-33/h1-29H. The Labute approximate surface area is 267 Å². The van der Waals surface area contributed by atoms with Crippen LogP contribution in [-0.2, 0) is 5.41 Å². The molecule has 0 spiro atoms. The van der Waals surface area contributed by atoms with Crippen molar-refractivity contribution in [1.82, 2.24) is 0 Å². The molecule has 0 fully saturated rings. The highest BCUT2D eigenvalue weighted by atomic mass is 32.1. The van der Waals surface area contributed by atoms with E-state index in [1.54, 1.807) is 0 Å². The number of hydrogen-bond donors (Lipinski definition) is 0. The maximum Gasteiger partial charge on any atom is 0.0713 e. The summed E-state index contributed by atoms with van der Waals surface area (Å²) in [5.41, 5.74) is 11.0. The number of nitrogens with zero attached hydrogens (tertiary/aromatic N) is 1. The Balaban J connectivity index is 1.32. The molecule has 0 amide bonds. The Kier molecular flexibility index (Phi) is 5.97. The predicted octanol–water partition coefficient (Wildman–Crippen LogP) is 11.9. The van der Waals surface area contributed by atoms with Gasteiger partial charge in [-0.3, -0.25) is 0 Å². The van der Waals surface area contributed by atoms with Gasteiger partial charge in [0.1, 0.15) is 0 Å². The van der Waals surface area contributed by atoms with Crippen LogP contribution < -0.4 is 4.90 Å². The third-order valence-corrected chi connectivity index (χ3v) is 10.5. The highest BCUT2D eigenvalue weighted by Crippen LogP contribution is 2.57. The molecule has 0 bridgehead atoms. The van der Waals surface area contributed by atoms with Gasteiger partial charge in [-0.25, -0.2) is 0 Å². The Bertz CT molecular complexity index is 2240. The van der Waals surface area contributed by atoms with Crippen molar-refractivity contribution in [1.29, 1.82) is 0 Å². The second kappa shape index (κ2) is 10.3. The monoisotopic (exact) mass is 591 g/mol. The van der Waals surface area contributed by atoms with Gasteiger partial charge in [-0.15, -0.1) is 11.3 Å². The SMILES string of the molecule is c1ccc(N(c2ccccc2)c2cccc3c2sc2ccc(C4(c5ccccc5)c5ccccc5-c5ccccc54)cc23)cc1. The van der Waals surface area contributed by atoms with E-state index in [2.05, 4.69) is 181 Å². The fraction of sp³-hybridized carbons (Fsp3) is 0.0233. The van der Waals surface area contributed by atoms with Crippen molar-refractivity contribution >= 4 is 48.6 Å². The van der Waals surface area contributed by atoms with Gasteiger partial charge in [0.05, 0.1) is 15.8 Å². The molecule has 0 saturated carbocycles. The van der Waals surface area contributed by atoms with Gasteiger partial charge in [0, 0.05) is 26.8 Å². The van der Waals surface area contributed by atoms with Crippen LogP contribution in [0.3, 0.4) is 0 Å². The molecule has 1 nitrogen and oxygen atoms in total. The molecule has 0 saturated heterocycles. The Hall–Kier alpha value is -5.44. The molecule has 7 aromatic carbocycles. The molecule has 1 aliphatic carbocycles. The van der Waals surface area contributed by atoms with Crippen LogP contribution in [0.25, 0.3) is 31.3 Å². The smallest absolute Gasteiger partial charge is 0.0713 e. The number of fused-ring (bicyclic) bond motifs is 6. The fourth-order valence-electron chi connectivity index (χ4n) is 7.49. The molecule has 0 unspecified atom stereocenters. The molecule has 0 atom stereocenters. The lowest BCUT2D eigenvalue weighted by molar-refractivity contribution is 0.770. The van der Waals surface area contributed by atoms with Crippen molar-refractivity contribution in [3.05, 3.63) is 198 Å². The van der Waals surface area contributed by atoms with Crippen LogP contribution in [0.1, 0.15) is 22.3 Å². The lowest BCUT2D eigenvalue weighted by Gasteiger charge is -2.34. The maximum absolute atomic E-state index is 2.47. The van der Waals surface area contributed by atoms with Crippen LogP contribution in [0.2, 0.25) is 0 Å². The second-order valence-electron chi connectivity index (χ2n) is 11.7. The van der Waals surface area contributed by atoms with Crippen molar-refractivity contribution in [3.63, 3.8) is 0 Å². The molecule has 1 aliphatic rings.